The van der Waals surface area contributed by atoms with Gasteiger partial charge in [-0.15, -0.1) is 0 Å². The fraction of sp³-hybridized carbons (Fsp3) is 0.538. The minimum absolute atomic E-state index is 0.531. The molecule has 0 aliphatic carbocycles. The van der Waals surface area contributed by atoms with Gasteiger partial charge in [-0.1, -0.05) is 35.0 Å². The molecule has 1 unspecified atom stereocenters. The Morgan fingerprint density at radius 3 is 2.82 bits per heavy atom. The van der Waals surface area contributed by atoms with Gasteiger partial charge in [-0.2, -0.15) is 0 Å². The predicted octanol–water partition coefficient (Wildman–Crippen LogP) is 2.28. The van der Waals surface area contributed by atoms with E-state index < -0.39 is 5.60 Å². The summed E-state index contributed by atoms with van der Waals surface area (Å²) in [6, 6.07) is 7.81. The Morgan fingerprint density at radius 1 is 1.47 bits per heavy atom. The Morgan fingerprint density at radius 2 is 2.24 bits per heavy atom. The maximum absolute atomic E-state index is 10.6. The highest BCUT2D eigenvalue weighted by Gasteiger charge is 2.26. The second kappa shape index (κ2) is 7.11. The van der Waals surface area contributed by atoms with E-state index in [4.69, 9.17) is 4.74 Å². The van der Waals surface area contributed by atoms with Gasteiger partial charge in [0.05, 0.1) is 6.61 Å². The SMILES string of the molecule is CCC(O)(CNCCOC)c1cccc(Br)c1. The zero-order valence-electron chi connectivity index (χ0n) is 10.4. The molecule has 2 N–H and O–H groups in total. The van der Waals surface area contributed by atoms with E-state index >= 15 is 0 Å². The zero-order chi connectivity index (χ0) is 12.7. The van der Waals surface area contributed by atoms with E-state index in [1.54, 1.807) is 7.11 Å². The van der Waals surface area contributed by atoms with E-state index in [-0.39, 0.29) is 0 Å². The van der Waals surface area contributed by atoms with E-state index in [1.807, 2.05) is 31.2 Å². The normalized spacial score (nSPS) is 14.6. The molecular weight excluding hydrogens is 282 g/mol. The number of ether oxygens (including phenoxy) is 1. The Kier molecular flexibility index (Phi) is 6.12. The number of nitrogens with one attached hydrogen (secondary N) is 1. The third-order valence-electron chi connectivity index (χ3n) is 2.85. The summed E-state index contributed by atoms with van der Waals surface area (Å²) in [4.78, 5) is 0. The van der Waals surface area contributed by atoms with Crippen LogP contribution in [0.3, 0.4) is 0 Å². The quantitative estimate of drug-likeness (QED) is 0.759. The van der Waals surface area contributed by atoms with Crippen LogP contribution in [0.4, 0.5) is 0 Å². The number of benzene rings is 1. The van der Waals surface area contributed by atoms with Crippen LogP contribution in [0.2, 0.25) is 0 Å². The molecule has 0 saturated heterocycles. The molecule has 17 heavy (non-hydrogen) atoms. The van der Waals surface area contributed by atoms with E-state index in [1.165, 1.54) is 0 Å². The molecule has 0 heterocycles. The van der Waals surface area contributed by atoms with Gasteiger partial charge < -0.3 is 15.2 Å². The molecule has 0 fully saturated rings. The Labute approximate surface area is 111 Å². The average Bonchev–Trinajstić information content (AvgIpc) is 2.34. The molecule has 1 atom stereocenters. The third-order valence-corrected chi connectivity index (χ3v) is 3.34. The van der Waals surface area contributed by atoms with E-state index in [2.05, 4.69) is 21.2 Å². The number of hydrogen-bond acceptors (Lipinski definition) is 3. The first kappa shape index (κ1) is 14.6. The standard InChI is InChI=1S/C13H20BrNO2/c1-3-13(16,10-15-7-8-17-2)11-5-4-6-12(14)9-11/h4-6,9,15-16H,3,7-8,10H2,1-2H3. The molecule has 0 bridgehead atoms. The van der Waals surface area contributed by atoms with Crippen molar-refractivity contribution in [3.63, 3.8) is 0 Å². The second-order valence-corrected chi connectivity index (χ2v) is 4.98. The Balaban J connectivity index is 2.67. The molecule has 4 heteroatoms. The predicted molar refractivity (Wildman–Crippen MR) is 73.1 cm³/mol. The Hall–Kier alpha value is -0.420. The van der Waals surface area contributed by atoms with Crippen molar-refractivity contribution in [1.82, 2.24) is 5.32 Å². The molecule has 0 radical (unpaired) electrons. The van der Waals surface area contributed by atoms with E-state index in [0.29, 0.717) is 19.6 Å². The second-order valence-electron chi connectivity index (χ2n) is 4.07. The average molecular weight is 302 g/mol. The lowest BCUT2D eigenvalue weighted by Crippen LogP contribution is -2.38. The third kappa shape index (κ3) is 4.39. The van der Waals surface area contributed by atoms with Crippen molar-refractivity contribution in [2.24, 2.45) is 0 Å². The fourth-order valence-electron chi connectivity index (χ4n) is 1.68. The summed E-state index contributed by atoms with van der Waals surface area (Å²) >= 11 is 3.43. The lowest BCUT2D eigenvalue weighted by Gasteiger charge is -2.28. The molecule has 96 valence electrons. The zero-order valence-corrected chi connectivity index (χ0v) is 12.0. The van der Waals surface area contributed by atoms with Crippen LogP contribution in [0, 0.1) is 0 Å². The summed E-state index contributed by atoms with van der Waals surface area (Å²) in [5, 5.41) is 13.8. The van der Waals surface area contributed by atoms with Crippen LogP contribution in [0.5, 0.6) is 0 Å². The van der Waals surface area contributed by atoms with Crippen molar-refractivity contribution >= 4 is 15.9 Å². The maximum Gasteiger partial charge on any atom is 0.102 e. The highest BCUT2D eigenvalue weighted by Crippen LogP contribution is 2.26. The summed E-state index contributed by atoms with van der Waals surface area (Å²) in [6.45, 7) is 3.91. The van der Waals surface area contributed by atoms with Crippen LogP contribution in [-0.2, 0) is 10.3 Å². The molecule has 0 amide bonds. The molecule has 0 aliphatic heterocycles. The van der Waals surface area contributed by atoms with Gasteiger partial charge in [0.1, 0.15) is 5.60 Å². The summed E-state index contributed by atoms with van der Waals surface area (Å²) in [6.07, 6.45) is 0.670. The molecule has 0 saturated carbocycles. The lowest BCUT2D eigenvalue weighted by molar-refractivity contribution is 0.0311. The number of methoxy groups -OCH3 is 1. The van der Waals surface area contributed by atoms with Crippen molar-refractivity contribution in [3.05, 3.63) is 34.3 Å². The highest BCUT2D eigenvalue weighted by atomic mass is 79.9. The van der Waals surface area contributed by atoms with Crippen molar-refractivity contribution < 1.29 is 9.84 Å². The van der Waals surface area contributed by atoms with Gasteiger partial charge in [0, 0.05) is 24.7 Å². The number of rotatable bonds is 7. The monoisotopic (exact) mass is 301 g/mol. The van der Waals surface area contributed by atoms with Gasteiger partial charge in [0.15, 0.2) is 0 Å². The van der Waals surface area contributed by atoms with Crippen LogP contribution in [0.25, 0.3) is 0 Å². The number of hydrogen-bond donors (Lipinski definition) is 2. The molecule has 0 aliphatic rings. The first-order chi connectivity index (χ1) is 8.12. The molecule has 1 rings (SSSR count). The Bertz CT molecular complexity index is 346. The fourth-order valence-corrected chi connectivity index (χ4v) is 2.08. The molecule has 1 aromatic carbocycles. The highest BCUT2D eigenvalue weighted by molar-refractivity contribution is 9.10. The van der Waals surface area contributed by atoms with E-state index in [0.717, 1.165) is 16.6 Å². The van der Waals surface area contributed by atoms with Crippen molar-refractivity contribution in [2.75, 3.05) is 26.8 Å². The maximum atomic E-state index is 10.6. The van der Waals surface area contributed by atoms with Crippen molar-refractivity contribution in [2.45, 2.75) is 18.9 Å². The van der Waals surface area contributed by atoms with Gasteiger partial charge in [-0.25, -0.2) is 0 Å². The van der Waals surface area contributed by atoms with Crippen LogP contribution in [0.1, 0.15) is 18.9 Å². The van der Waals surface area contributed by atoms with Crippen LogP contribution in [-0.4, -0.2) is 31.9 Å². The van der Waals surface area contributed by atoms with Crippen molar-refractivity contribution in [3.8, 4) is 0 Å². The minimum atomic E-state index is -0.822. The molecule has 0 spiro atoms. The molecule has 1 aromatic rings. The van der Waals surface area contributed by atoms with Crippen LogP contribution in [0.15, 0.2) is 28.7 Å². The van der Waals surface area contributed by atoms with Gasteiger partial charge in [-0.05, 0) is 24.1 Å². The summed E-state index contributed by atoms with van der Waals surface area (Å²) in [5.74, 6) is 0. The number of aliphatic hydroxyl groups is 1. The van der Waals surface area contributed by atoms with E-state index in [9.17, 15) is 5.11 Å². The smallest absolute Gasteiger partial charge is 0.102 e. The van der Waals surface area contributed by atoms with Gasteiger partial charge >= 0.3 is 0 Å². The lowest BCUT2D eigenvalue weighted by atomic mass is 9.91. The van der Waals surface area contributed by atoms with Crippen LogP contribution >= 0.6 is 15.9 Å². The van der Waals surface area contributed by atoms with Gasteiger partial charge in [-0.3, -0.25) is 0 Å². The molecular formula is C13H20BrNO2. The summed E-state index contributed by atoms with van der Waals surface area (Å²) in [5.41, 5.74) is 0.108. The summed E-state index contributed by atoms with van der Waals surface area (Å²) in [7, 11) is 1.67. The topological polar surface area (TPSA) is 41.5 Å². The largest absolute Gasteiger partial charge is 0.384 e. The first-order valence-corrected chi connectivity index (χ1v) is 6.60. The summed E-state index contributed by atoms with van der Waals surface area (Å²) < 4.78 is 5.95. The van der Waals surface area contributed by atoms with Crippen LogP contribution < -0.4 is 5.32 Å². The van der Waals surface area contributed by atoms with Gasteiger partial charge in [0.25, 0.3) is 0 Å². The first-order valence-electron chi connectivity index (χ1n) is 5.80. The minimum Gasteiger partial charge on any atom is -0.384 e. The van der Waals surface area contributed by atoms with Gasteiger partial charge in [0.2, 0.25) is 0 Å². The molecule has 0 aromatic heterocycles. The number of halogens is 1. The molecule has 3 nitrogen and oxygen atoms in total. The van der Waals surface area contributed by atoms with Crippen molar-refractivity contribution in [1.29, 1.82) is 0 Å².